The van der Waals surface area contributed by atoms with E-state index in [1.54, 1.807) is 0 Å². The second-order valence-electron chi connectivity index (χ2n) is 5.21. The molecule has 0 spiro atoms. The molecule has 0 amide bonds. The summed E-state index contributed by atoms with van der Waals surface area (Å²) in [4.78, 5) is 4.68. The van der Waals surface area contributed by atoms with E-state index in [2.05, 4.69) is 48.0 Å². The van der Waals surface area contributed by atoms with Gasteiger partial charge in [0, 0.05) is 32.7 Å². The van der Waals surface area contributed by atoms with E-state index in [0.29, 0.717) is 0 Å². The molecule has 1 N–H and O–H groups in total. The zero-order chi connectivity index (χ0) is 13.0. The van der Waals surface area contributed by atoms with E-state index in [1.807, 2.05) is 0 Å². The van der Waals surface area contributed by atoms with Crippen LogP contribution in [0.4, 0.5) is 0 Å². The minimum Gasteiger partial charge on any atom is -0.387 e. The van der Waals surface area contributed by atoms with Crippen molar-refractivity contribution in [1.82, 2.24) is 9.80 Å². The van der Waals surface area contributed by atoms with Crippen LogP contribution >= 0.6 is 0 Å². The lowest BCUT2D eigenvalue weighted by Gasteiger charge is -2.33. The Labute approximate surface area is 110 Å². The van der Waals surface area contributed by atoms with Crippen LogP contribution in [-0.2, 0) is 6.42 Å². The van der Waals surface area contributed by atoms with E-state index in [-0.39, 0.29) is 6.10 Å². The van der Waals surface area contributed by atoms with E-state index in [9.17, 15) is 5.11 Å². The van der Waals surface area contributed by atoms with E-state index in [1.165, 1.54) is 5.56 Å². The molecule has 0 bridgehead atoms. The molecule has 2 rings (SSSR count). The first-order valence-corrected chi connectivity index (χ1v) is 6.87. The molecule has 1 unspecified atom stereocenters. The molecule has 1 heterocycles. The fraction of sp³-hybridized carbons (Fsp3) is 0.600. The number of aryl methyl sites for hydroxylation is 1. The van der Waals surface area contributed by atoms with Gasteiger partial charge in [0.15, 0.2) is 0 Å². The van der Waals surface area contributed by atoms with Crippen molar-refractivity contribution in [3.8, 4) is 0 Å². The average molecular weight is 248 g/mol. The molecule has 1 fully saturated rings. The van der Waals surface area contributed by atoms with Crippen LogP contribution in [0.25, 0.3) is 0 Å². The predicted octanol–water partition coefficient (Wildman–Crippen LogP) is 1.53. The Balaban J connectivity index is 1.88. The molecule has 0 aromatic heterocycles. The third kappa shape index (κ3) is 3.55. The summed E-state index contributed by atoms with van der Waals surface area (Å²) in [6.45, 7) is 7.21. The summed E-state index contributed by atoms with van der Waals surface area (Å²) < 4.78 is 0. The minimum atomic E-state index is -0.362. The molecule has 0 radical (unpaired) electrons. The summed E-state index contributed by atoms with van der Waals surface area (Å²) in [5.74, 6) is 0. The van der Waals surface area contributed by atoms with Gasteiger partial charge in [-0.05, 0) is 24.6 Å². The van der Waals surface area contributed by atoms with Gasteiger partial charge in [-0.1, -0.05) is 31.2 Å². The number of nitrogens with zero attached hydrogens (tertiary/aromatic N) is 2. The molecular weight excluding hydrogens is 224 g/mol. The smallest absolute Gasteiger partial charge is 0.0916 e. The maximum Gasteiger partial charge on any atom is 0.0916 e. The Hall–Kier alpha value is -0.900. The molecule has 18 heavy (non-hydrogen) atoms. The lowest BCUT2D eigenvalue weighted by Crippen LogP contribution is -2.45. The number of aliphatic hydroxyl groups excluding tert-OH is 1. The highest BCUT2D eigenvalue weighted by atomic mass is 16.3. The van der Waals surface area contributed by atoms with Gasteiger partial charge in [0.25, 0.3) is 0 Å². The molecule has 1 atom stereocenters. The molecule has 1 aliphatic rings. The average Bonchev–Trinajstić information content (AvgIpc) is 2.41. The van der Waals surface area contributed by atoms with Gasteiger partial charge in [-0.2, -0.15) is 0 Å². The highest BCUT2D eigenvalue weighted by Crippen LogP contribution is 2.16. The first-order valence-electron chi connectivity index (χ1n) is 6.87. The fourth-order valence-corrected chi connectivity index (χ4v) is 2.36. The van der Waals surface area contributed by atoms with Crippen LogP contribution in [0.2, 0.25) is 0 Å². The van der Waals surface area contributed by atoms with Crippen molar-refractivity contribution in [3.05, 3.63) is 35.4 Å². The zero-order valence-corrected chi connectivity index (χ0v) is 11.5. The van der Waals surface area contributed by atoms with Crippen LogP contribution in [0.3, 0.4) is 0 Å². The molecule has 1 saturated heterocycles. The number of hydrogen-bond donors (Lipinski definition) is 1. The van der Waals surface area contributed by atoms with Crippen LogP contribution in [0.5, 0.6) is 0 Å². The highest BCUT2D eigenvalue weighted by Gasteiger charge is 2.17. The largest absolute Gasteiger partial charge is 0.387 e. The normalized spacial score (nSPS) is 19.9. The number of rotatable bonds is 4. The Bertz CT molecular complexity index is 355. The van der Waals surface area contributed by atoms with Gasteiger partial charge in [0.1, 0.15) is 0 Å². The molecule has 1 aromatic rings. The second-order valence-corrected chi connectivity index (χ2v) is 5.21. The molecule has 0 aliphatic carbocycles. The van der Waals surface area contributed by atoms with Crippen LogP contribution in [0.1, 0.15) is 24.2 Å². The van der Waals surface area contributed by atoms with Gasteiger partial charge in [0.05, 0.1) is 6.10 Å². The Morgan fingerprint density at radius 3 is 2.28 bits per heavy atom. The summed E-state index contributed by atoms with van der Waals surface area (Å²) >= 11 is 0. The molecule has 1 aromatic carbocycles. The number of β-amino-alcohol motifs (C(OH)–C–C–N with tert-alkyl or cyclic N) is 1. The van der Waals surface area contributed by atoms with Gasteiger partial charge in [-0.25, -0.2) is 0 Å². The molecule has 3 nitrogen and oxygen atoms in total. The molecule has 3 heteroatoms. The van der Waals surface area contributed by atoms with Gasteiger partial charge >= 0.3 is 0 Å². The standard InChI is InChI=1S/C15H24N2O/c1-3-13-4-6-14(7-5-13)15(18)12-17-10-8-16(2)9-11-17/h4-7,15,18H,3,8-12H2,1-2H3. The maximum atomic E-state index is 10.2. The van der Waals surface area contributed by atoms with Crippen molar-refractivity contribution in [2.45, 2.75) is 19.4 Å². The Morgan fingerprint density at radius 2 is 1.72 bits per heavy atom. The van der Waals surface area contributed by atoms with Crippen molar-refractivity contribution in [2.75, 3.05) is 39.8 Å². The van der Waals surface area contributed by atoms with Gasteiger partial charge in [-0.3, -0.25) is 4.90 Å². The second kappa shape index (κ2) is 6.32. The number of likely N-dealkylation sites (N-methyl/N-ethyl adjacent to an activating group) is 1. The van der Waals surface area contributed by atoms with Gasteiger partial charge in [0.2, 0.25) is 0 Å². The highest BCUT2D eigenvalue weighted by molar-refractivity contribution is 5.24. The Morgan fingerprint density at radius 1 is 1.11 bits per heavy atom. The maximum absolute atomic E-state index is 10.2. The first kappa shape index (κ1) is 13.5. The van der Waals surface area contributed by atoms with Crippen molar-refractivity contribution in [3.63, 3.8) is 0 Å². The lowest BCUT2D eigenvalue weighted by atomic mass is 10.1. The quantitative estimate of drug-likeness (QED) is 0.875. The van der Waals surface area contributed by atoms with Crippen molar-refractivity contribution in [1.29, 1.82) is 0 Å². The summed E-state index contributed by atoms with van der Waals surface area (Å²) in [6, 6.07) is 8.34. The predicted molar refractivity (Wildman–Crippen MR) is 74.7 cm³/mol. The summed E-state index contributed by atoms with van der Waals surface area (Å²) in [7, 11) is 2.15. The zero-order valence-electron chi connectivity index (χ0n) is 11.5. The van der Waals surface area contributed by atoms with Crippen molar-refractivity contribution in [2.24, 2.45) is 0 Å². The van der Waals surface area contributed by atoms with E-state index in [0.717, 1.165) is 44.7 Å². The van der Waals surface area contributed by atoms with E-state index in [4.69, 9.17) is 0 Å². The molecule has 1 aliphatic heterocycles. The number of benzene rings is 1. The number of piperazine rings is 1. The lowest BCUT2D eigenvalue weighted by molar-refractivity contribution is 0.0805. The topological polar surface area (TPSA) is 26.7 Å². The van der Waals surface area contributed by atoms with Crippen LogP contribution in [0, 0.1) is 0 Å². The van der Waals surface area contributed by atoms with Crippen molar-refractivity contribution < 1.29 is 5.11 Å². The third-order valence-corrected chi connectivity index (χ3v) is 3.80. The first-order chi connectivity index (χ1) is 8.69. The minimum absolute atomic E-state index is 0.362. The van der Waals surface area contributed by atoms with E-state index < -0.39 is 0 Å². The molecule has 0 saturated carbocycles. The van der Waals surface area contributed by atoms with Crippen LogP contribution in [-0.4, -0.2) is 54.7 Å². The number of aliphatic hydroxyl groups is 1. The fourth-order valence-electron chi connectivity index (χ4n) is 2.36. The van der Waals surface area contributed by atoms with E-state index >= 15 is 0 Å². The summed E-state index contributed by atoms with van der Waals surface area (Å²) in [5, 5.41) is 10.2. The number of hydrogen-bond acceptors (Lipinski definition) is 3. The van der Waals surface area contributed by atoms with Crippen LogP contribution < -0.4 is 0 Å². The van der Waals surface area contributed by atoms with Crippen LogP contribution in [0.15, 0.2) is 24.3 Å². The monoisotopic (exact) mass is 248 g/mol. The van der Waals surface area contributed by atoms with Gasteiger partial charge < -0.3 is 10.0 Å². The summed E-state index contributed by atoms with van der Waals surface area (Å²) in [5.41, 5.74) is 2.36. The molecular formula is C15H24N2O. The Kier molecular flexibility index (Phi) is 4.75. The van der Waals surface area contributed by atoms with Crippen molar-refractivity contribution >= 4 is 0 Å². The van der Waals surface area contributed by atoms with Gasteiger partial charge in [-0.15, -0.1) is 0 Å². The summed E-state index contributed by atoms with van der Waals surface area (Å²) in [6.07, 6.45) is 0.689. The SMILES string of the molecule is CCc1ccc(C(O)CN2CCN(C)CC2)cc1. The third-order valence-electron chi connectivity index (χ3n) is 3.80. The molecule has 100 valence electrons.